The fourth-order valence-corrected chi connectivity index (χ4v) is 1.65. The van der Waals surface area contributed by atoms with E-state index in [1.807, 2.05) is 18.2 Å². The van der Waals surface area contributed by atoms with Gasteiger partial charge in [0.25, 0.3) is 0 Å². The topological polar surface area (TPSA) is 73.6 Å². The minimum Gasteiger partial charge on any atom is -0.490 e. The largest absolute Gasteiger partial charge is 0.490 e. The smallest absolute Gasteiger partial charge is 0.231 e. The molecule has 1 aliphatic heterocycles. The van der Waals surface area contributed by atoms with Crippen molar-refractivity contribution in [3.05, 3.63) is 23.8 Å². The number of rotatable bonds is 4. The maximum Gasteiger partial charge on any atom is 0.231 e. The molecule has 92 valence electrons. The Hall–Kier alpha value is -1.75. The Kier molecular flexibility index (Phi) is 3.82. The van der Waals surface area contributed by atoms with Crippen molar-refractivity contribution in [3.63, 3.8) is 0 Å². The third-order valence-corrected chi connectivity index (χ3v) is 2.44. The minimum atomic E-state index is -0.362. The highest BCUT2D eigenvalue weighted by Crippen LogP contribution is 2.30. The zero-order chi connectivity index (χ0) is 12.1. The molecule has 1 amide bonds. The highest BCUT2D eigenvalue weighted by Gasteiger charge is 2.10. The van der Waals surface area contributed by atoms with Crippen molar-refractivity contribution in [2.45, 2.75) is 13.0 Å². The lowest BCUT2D eigenvalue weighted by Gasteiger charge is -2.09. The van der Waals surface area contributed by atoms with E-state index in [9.17, 15) is 4.79 Å². The van der Waals surface area contributed by atoms with Crippen molar-refractivity contribution in [1.29, 1.82) is 0 Å². The maximum absolute atomic E-state index is 10.6. The van der Waals surface area contributed by atoms with Crippen LogP contribution in [0.5, 0.6) is 11.5 Å². The highest BCUT2D eigenvalue weighted by molar-refractivity contribution is 5.75. The summed E-state index contributed by atoms with van der Waals surface area (Å²) >= 11 is 0. The molecular weight excluding hydrogens is 220 g/mol. The van der Waals surface area contributed by atoms with Crippen LogP contribution in [0.15, 0.2) is 18.2 Å². The lowest BCUT2D eigenvalue weighted by atomic mass is 10.2. The third-order valence-electron chi connectivity index (χ3n) is 2.44. The van der Waals surface area contributed by atoms with Crippen LogP contribution in [-0.4, -0.2) is 25.7 Å². The van der Waals surface area contributed by atoms with Crippen molar-refractivity contribution in [2.75, 3.05) is 19.8 Å². The number of carbonyl (C=O) groups excluding carboxylic acids is 1. The van der Waals surface area contributed by atoms with E-state index < -0.39 is 0 Å². The lowest BCUT2D eigenvalue weighted by Crippen LogP contribution is -2.28. The molecule has 0 aromatic heterocycles. The summed E-state index contributed by atoms with van der Waals surface area (Å²) in [6, 6.07) is 5.76. The monoisotopic (exact) mass is 236 g/mol. The minimum absolute atomic E-state index is 0.175. The predicted molar refractivity (Wildman–Crippen MR) is 63.0 cm³/mol. The molecular formula is C12H16N2O3. The molecule has 0 atom stereocenters. The summed E-state index contributed by atoms with van der Waals surface area (Å²) < 4.78 is 11.1. The number of amides is 1. The van der Waals surface area contributed by atoms with Gasteiger partial charge in [0.15, 0.2) is 11.5 Å². The first-order valence-electron chi connectivity index (χ1n) is 5.63. The molecule has 1 heterocycles. The Morgan fingerprint density at radius 3 is 2.82 bits per heavy atom. The number of hydrogen-bond acceptors (Lipinski definition) is 4. The van der Waals surface area contributed by atoms with Gasteiger partial charge < -0.3 is 20.5 Å². The number of ether oxygens (including phenoxy) is 2. The van der Waals surface area contributed by atoms with Gasteiger partial charge in [0, 0.05) is 13.0 Å². The molecule has 0 unspecified atom stereocenters. The van der Waals surface area contributed by atoms with Crippen LogP contribution in [0.2, 0.25) is 0 Å². The SMILES string of the molecule is NC(=O)CNCc1ccc2c(c1)OCCCO2. The molecule has 1 aromatic carbocycles. The third kappa shape index (κ3) is 3.35. The van der Waals surface area contributed by atoms with Gasteiger partial charge in [-0.05, 0) is 17.7 Å². The first kappa shape index (κ1) is 11.7. The molecule has 1 aromatic rings. The van der Waals surface area contributed by atoms with Gasteiger partial charge in [0.1, 0.15) is 0 Å². The van der Waals surface area contributed by atoms with Gasteiger partial charge in [-0.3, -0.25) is 4.79 Å². The molecule has 0 saturated carbocycles. The fraction of sp³-hybridized carbons (Fsp3) is 0.417. The average molecular weight is 236 g/mol. The van der Waals surface area contributed by atoms with Gasteiger partial charge >= 0.3 is 0 Å². The Balaban J connectivity index is 1.99. The standard InChI is InChI=1S/C12H16N2O3/c13-12(15)8-14-7-9-2-3-10-11(6-9)17-5-1-4-16-10/h2-3,6,14H,1,4-5,7-8H2,(H2,13,15). The molecule has 0 saturated heterocycles. The summed E-state index contributed by atoms with van der Waals surface area (Å²) in [7, 11) is 0. The molecule has 17 heavy (non-hydrogen) atoms. The first-order valence-corrected chi connectivity index (χ1v) is 5.63. The van der Waals surface area contributed by atoms with Gasteiger partial charge in [-0.25, -0.2) is 0 Å². The van der Waals surface area contributed by atoms with Gasteiger partial charge in [-0.15, -0.1) is 0 Å². The molecule has 5 nitrogen and oxygen atoms in total. The quantitative estimate of drug-likeness (QED) is 0.794. The Morgan fingerprint density at radius 1 is 1.29 bits per heavy atom. The molecule has 3 N–H and O–H groups in total. The number of benzene rings is 1. The zero-order valence-electron chi connectivity index (χ0n) is 9.57. The van der Waals surface area contributed by atoms with E-state index in [2.05, 4.69) is 5.32 Å². The van der Waals surface area contributed by atoms with Crippen molar-refractivity contribution >= 4 is 5.91 Å². The first-order chi connectivity index (χ1) is 8.25. The summed E-state index contributed by atoms with van der Waals surface area (Å²) in [6.45, 7) is 2.12. The molecule has 0 fully saturated rings. The zero-order valence-corrected chi connectivity index (χ0v) is 9.57. The van der Waals surface area contributed by atoms with E-state index in [4.69, 9.17) is 15.2 Å². The van der Waals surface area contributed by atoms with E-state index in [1.54, 1.807) is 0 Å². The summed E-state index contributed by atoms with van der Waals surface area (Å²) in [5, 5.41) is 2.95. The number of fused-ring (bicyclic) bond motifs is 1. The Labute approximate surface area is 99.9 Å². The number of nitrogens with two attached hydrogens (primary N) is 1. The average Bonchev–Trinajstić information content (AvgIpc) is 2.53. The molecule has 1 aliphatic rings. The predicted octanol–water partition coefficient (Wildman–Crippen LogP) is 0.423. The van der Waals surface area contributed by atoms with E-state index in [1.165, 1.54) is 0 Å². The van der Waals surface area contributed by atoms with E-state index in [0.717, 1.165) is 23.5 Å². The number of hydrogen-bond donors (Lipinski definition) is 2. The number of carbonyl (C=O) groups is 1. The second kappa shape index (κ2) is 5.54. The van der Waals surface area contributed by atoms with Crippen LogP contribution in [-0.2, 0) is 11.3 Å². The van der Waals surface area contributed by atoms with Crippen LogP contribution < -0.4 is 20.5 Å². The number of nitrogens with one attached hydrogen (secondary N) is 1. The molecule has 5 heteroatoms. The second-order valence-corrected chi connectivity index (χ2v) is 3.90. The van der Waals surface area contributed by atoms with Gasteiger partial charge in [-0.1, -0.05) is 6.07 Å². The number of primary amides is 1. The molecule has 0 aliphatic carbocycles. The summed E-state index contributed by atoms with van der Waals surface area (Å²) in [5.74, 6) is 1.18. The maximum atomic E-state index is 10.6. The molecule has 0 radical (unpaired) electrons. The highest BCUT2D eigenvalue weighted by atomic mass is 16.5. The normalized spacial score (nSPS) is 14.1. The van der Waals surface area contributed by atoms with Crippen LogP contribution in [0.3, 0.4) is 0 Å². The summed E-state index contributed by atoms with van der Waals surface area (Å²) in [4.78, 5) is 10.6. The second-order valence-electron chi connectivity index (χ2n) is 3.90. The van der Waals surface area contributed by atoms with Crippen LogP contribution in [0.25, 0.3) is 0 Å². The summed E-state index contributed by atoms with van der Waals surface area (Å²) in [5.41, 5.74) is 6.08. The lowest BCUT2D eigenvalue weighted by molar-refractivity contribution is -0.117. The van der Waals surface area contributed by atoms with Crippen molar-refractivity contribution < 1.29 is 14.3 Å². The van der Waals surface area contributed by atoms with E-state index >= 15 is 0 Å². The van der Waals surface area contributed by atoms with Crippen molar-refractivity contribution in [1.82, 2.24) is 5.32 Å². The van der Waals surface area contributed by atoms with Crippen LogP contribution in [0.4, 0.5) is 0 Å². The van der Waals surface area contributed by atoms with E-state index in [0.29, 0.717) is 19.8 Å². The fourth-order valence-electron chi connectivity index (χ4n) is 1.65. The summed E-state index contributed by atoms with van der Waals surface area (Å²) in [6.07, 6.45) is 0.893. The van der Waals surface area contributed by atoms with Crippen LogP contribution in [0.1, 0.15) is 12.0 Å². The Bertz CT molecular complexity index is 407. The van der Waals surface area contributed by atoms with Gasteiger partial charge in [0.05, 0.1) is 19.8 Å². The Morgan fingerprint density at radius 2 is 2.06 bits per heavy atom. The molecule has 2 rings (SSSR count). The van der Waals surface area contributed by atoms with Gasteiger partial charge in [-0.2, -0.15) is 0 Å². The van der Waals surface area contributed by atoms with Crippen molar-refractivity contribution in [2.24, 2.45) is 5.73 Å². The van der Waals surface area contributed by atoms with Crippen molar-refractivity contribution in [3.8, 4) is 11.5 Å². The van der Waals surface area contributed by atoms with Crippen LogP contribution >= 0.6 is 0 Å². The van der Waals surface area contributed by atoms with E-state index in [-0.39, 0.29) is 12.5 Å². The van der Waals surface area contributed by atoms with Crippen LogP contribution in [0, 0.1) is 0 Å². The molecule has 0 bridgehead atoms. The molecule has 0 spiro atoms. The van der Waals surface area contributed by atoms with Gasteiger partial charge in [0.2, 0.25) is 5.91 Å².